The Balaban J connectivity index is 2.11. The van der Waals surface area contributed by atoms with Crippen LogP contribution < -0.4 is 5.73 Å². The van der Waals surface area contributed by atoms with E-state index < -0.39 is 0 Å². The van der Waals surface area contributed by atoms with Crippen LogP contribution in [0.1, 0.15) is 31.3 Å². The zero-order valence-corrected chi connectivity index (χ0v) is 13.4. The molecule has 0 aliphatic heterocycles. The third-order valence-corrected chi connectivity index (χ3v) is 4.26. The van der Waals surface area contributed by atoms with Crippen molar-refractivity contribution in [2.45, 2.75) is 37.3 Å². The van der Waals surface area contributed by atoms with Crippen LogP contribution in [-0.4, -0.2) is 14.8 Å². The minimum absolute atomic E-state index is 0.320. The van der Waals surface area contributed by atoms with Gasteiger partial charge in [-0.2, -0.15) is 0 Å². The highest BCUT2D eigenvalue weighted by Gasteiger charge is 2.13. The van der Waals surface area contributed by atoms with E-state index in [4.69, 9.17) is 5.73 Å². The van der Waals surface area contributed by atoms with E-state index in [1.165, 1.54) is 5.56 Å². The van der Waals surface area contributed by atoms with Crippen molar-refractivity contribution in [1.82, 2.24) is 14.8 Å². The summed E-state index contributed by atoms with van der Waals surface area (Å²) in [6.45, 7) is 4.66. The Bertz CT molecular complexity index is 536. The molecule has 0 amide bonds. The lowest BCUT2D eigenvalue weighted by atomic mass is 10.2. The summed E-state index contributed by atoms with van der Waals surface area (Å²) in [7, 11) is 0. The van der Waals surface area contributed by atoms with Gasteiger partial charge in [0.1, 0.15) is 5.82 Å². The maximum absolute atomic E-state index is 5.69. The molecular formula is C13H17BrN4S. The minimum Gasteiger partial charge on any atom is -0.324 e. The Morgan fingerprint density at radius 3 is 2.53 bits per heavy atom. The first kappa shape index (κ1) is 14.6. The van der Waals surface area contributed by atoms with Crippen LogP contribution in [-0.2, 0) is 12.3 Å². The Kier molecular flexibility index (Phi) is 5.01. The maximum atomic E-state index is 5.69. The molecule has 0 saturated heterocycles. The number of nitrogens with zero attached hydrogens (tertiary/aromatic N) is 3. The van der Waals surface area contributed by atoms with Gasteiger partial charge >= 0.3 is 0 Å². The summed E-state index contributed by atoms with van der Waals surface area (Å²) >= 11 is 5.13. The van der Waals surface area contributed by atoms with E-state index in [1.54, 1.807) is 11.8 Å². The average molecular weight is 341 g/mol. The molecule has 1 aromatic heterocycles. The molecule has 0 aliphatic carbocycles. The highest BCUT2D eigenvalue weighted by molar-refractivity contribution is 9.10. The lowest BCUT2D eigenvalue weighted by Gasteiger charge is -2.12. The van der Waals surface area contributed by atoms with Gasteiger partial charge in [-0.15, -0.1) is 10.2 Å². The Labute approximate surface area is 125 Å². The van der Waals surface area contributed by atoms with E-state index in [0.717, 1.165) is 21.2 Å². The summed E-state index contributed by atoms with van der Waals surface area (Å²) < 4.78 is 3.20. The van der Waals surface area contributed by atoms with Gasteiger partial charge in [-0.3, -0.25) is 0 Å². The molecule has 2 aromatic rings. The lowest BCUT2D eigenvalue weighted by Crippen LogP contribution is -2.11. The van der Waals surface area contributed by atoms with Crippen molar-refractivity contribution in [3.63, 3.8) is 0 Å². The molecule has 2 rings (SSSR count). The summed E-state index contributed by atoms with van der Waals surface area (Å²) in [6, 6.07) is 8.64. The second-order valence-electron chi connectivity index (χ2n) is 4.48. The van der Waals surface area contributed by atoms with E-state index >= 15 is 0 Å². The van der Waals surface area contributed by atoms with Gasteiger partial charge in [0.2, 0.25) is 0 Å². The predicted octanol–water partition coefficient (Wildman–Crippen LogP) is 3.37. The molecule has 19 heavy (non-hydrogen) atoms. The molecule has 0 atom stereocenters. The normalized spacial score (nSPS) is 11.2. The van der Waals surface area contributed by atoms with Crippen molar-refractivity contribution >= 4 is 27.7 Å². The van der Waals surface area contributed by atoms with Crippen molar-refractivity contribution in [1.29, 1.82) is 0 Å². The fourth-order valence-corrected chi connectivity index (χ4v) is 3.10. The van der Waals surface area contributed by atoms with Crippen LogP contribution in [0.25, 0.3) is 0 Å². The fourth-order valence-electron chi connectivity index (χ4n) is 1.79. The Hall–Kier alpha value is -0.850. The van der Waals surface area contributed by atoms with Crippen LogP contribution in [0.2, 0.25) is 0 Å². The standard InChI is InChI=1S/C13H17BrN4S/c1-9(2)18-12(7-15)16-17-13(18)19-8-10-3-5-11(14)6-4-10/h3-6,9H,7-8,15H2,1-2H3. The first-order valence-electron chi connectivity index (χ1n) is 6.13. The van der Waals surface area contributed by atoms with Gasteiger partial charge in [0.05, 0.1) is 6.54 Å². The highest BCUT2D eigenvalue weighted by atomic mass is 79.9. The number of hydrogen-bond donors (Lipinski definition) is 1. The number of hydrogen-bond acceptors (Lipinski definition) is 4. The molecule has 0 bridgehead atoms. The van der Waals surface area contributed by atoms with Crippen molar-refractivity contribution in [2.24, 2.45) is 5.73 Å². The summed E-state index contributed by atoms with van der Waals surface area (Å²) in [5, 5.41) is 9.30. The second-order valence-corrected chi connectivity index (χ2v) is 6.34. The average Bonchev–Trinajstić information content (AvgIpc) is 2.81. The maximum Gasteiger partial charge on any atom is 0.191 e. The molecule has 0 spiro atoms. The minimum atomic E-state index is 0.320. The lowest BCUT2D eigenvalue weighted by molar-refractivity contribution is 0.526. The van der Waals surface area contributed by atoms with Gasteiger partial charge in [0, 0.05) is 16.3 Å². The number of nitrogens with two attached hydrogens (primary N) is 1. The monoisotopic (exact) mass is 340 g/mol. The molecule has 6 heteroatoms. The van der Waals surface area contributed by atoms with Gasteiger partial charge in [-0.25, -0.2) is 0 Å². The SMILES string of the molecule is CC(C)n1c(CN)nnc1SCc1ccc(Br)cc1. The Morgan fingerprint density at radius 1 is 1.26 bits per heavy atom. The topological polar surface area (TPSA) is 56.7 Å². The van der Waals surface area contributed by atoms with E-state index in [-0.39, 0.29) is 0 Å². The molecule has 0 aliphatic rings. The van der Waals surface area contributed by atoms with Crippen LogP contribution >= 0.6 is 27.7 Å². The largest absolute Gasteiger partial charge is 0.324 e. The van der Waals surface area contributed by atoms with E-state index in [9.17, 15) is 0 Å². The van der Waals surface area contributed by atoms with Crippen molar-refractivity contribution in [2.75, 3.05) is 0 Å². The van der Waals surface area contributed by atoms with Crippen LogP contribution in [0.4, 0.5) is 0 Å². The first-order valence-corrected chi connectivity index (χ1v) is 7.90. The molecule has 0 unspecified atom stereocenters. The number of benzene rings is 1. The molecule has 1 aromatic carbocycles. The molecule has 2 N–H and O–H groups in total. The summed E-state index contributed by atoms with van der Waals surface area (Å²) in [5.74, 6) is 1.72. The molecule has 4 nitrogen and oxygen atoms in total. The van der Waals surface area contributed by atoms with E-state index in [1.807, 2.05) is 12.1 Å². The van der Waals surface area contributed by atoms with Gasteiger partial charge in [0.15, 0.2) is 5.16 Å². The smallest absolute Gasteiger partial charge is 0.191 e. The number of rotatable bonds is 5. The zero-order valence-electron chi connectivity index (χ0n) is 11.0. The summed E-state index contributed by atoms with van der Waals surface area (Å²) in [5.41, 5.74) is 6.95. The molecule has 0 radical (unpaired) electrons. The Morgan fingerprint density at radius 2 is 1.95 bits per heavy atom. The van der Waals surface area contributed by atoms with Crippen LogP contribution in [0.15, 0.2) is 33.9 Å². The van der Waals surface area contributed by atoms with Crippen molar-refractivity contribution in [3.8, 4) is 0 Å². The third kappa shape index (κ3) is 3.58. The van der Waals surface area contributed by atoms with Gasteiger partial charge in [-0.05, 0) is 31.5 Å². The fraction of sp³-hybridized carbons (Fsp3) is 0.385. The summed E-state index contributed by atoms with van der Waals surface area (Å²) in [6.07, 6.45) is 0. The molecule has 1 heterocycles. The van der Waals surface area contributed by atoms with Crippen molar-refractivity contribution in [3.05, 3.63) is 40.1 Å². The zero-order chi connectivity index (χ0) is 13.8. The first-order chi connectivity index (χ1) is 9.11. The van der Waals surface area contributed by atoms with Crippen LogP contribution in [0.3, 0.4) is 0 Å². The van der Waals surface area contributed by atoms with Gasteiger partial charge in [0.25, 0.3) is 0 Å². The number of thioether (sulfide) groups is 1. The van der Waals surface area contributed by atoms with Crippen LogP contribution in [0, 0.1) is 0 Å². The molecule has 0 saturated carbocycles. The quantitative estimate of drug-likeness (QED) is 0.847. The van der Waals surface area contributed by atoms with E-state index in [0.29, 0.717) is 12.6 Å². The number of halogens is 1. The number of aromatic nitrogens is 3. The predicted molar refractivity (Wildman–Crippen MR) is 82.0 cm³/mol. The van der Waals surface area contributed by atoms with Crippen molar-refractivity contribution < 1.29 is 0 Å². The molecular weight excluding hydrogens is 324 g/mol. The molecule has 102 valence electrons. The van der Waals surface area contributed by atoms with Gasteiger partial charge < -0.3 is 10.3 Å². The van der Waals surface area contributed by atoms with Crippen LogP contribution in [0.5, 0.6) is 0 Å². The second kappa shape index (κ2) is 6.54. The van der Waals surface area contributed by atoms with E-state index in [2.05, 4.69) is 56.7 Å². The summed E-state index contributed by atoms with van der Waals surface area (Å²) in [4.78, 5) is 0. The third-order valence-electron chi connectivity index (χ3n) is 2.72. The highest BCUT2D eigenvalue weighted by Crippen LogP contribution is 2.25. The van der Waals surface area contributed by atoms with Gasteiger partial charge in [-0.1, -0.05) is 39.8 Å². The molecule has 0 fully saturated rings.